The fourth-order valence-electron chi connectivity index (χ4n) is 4.63. The molecule has 3 heterocycles. The Balaban J connectivity index is 1.87. The van der Waals surface area contributed by atoms with E-state index < -0.39 is 29.5 Å². The molecule has 1 aromatic rings. The molecule has 2 fully saturated rings. The maximum atomic E-state index is 13.4. The second-order valence-electron chi connectivity index (χ2n) is 7.19. The fourth-order valence-corrected chi connectivity index (χ4v) is 4.63. The van der Waals surface area contributed by atoms with Crippen molar-refractivity contribution in [2.24, 2.45) is 11.8 Å². The summed E-state index contributed by atoms with van der Waals surface area (Å²) in [5.41, 5.74) is 0.585. The molecule has 5 unspecified atom stereocenters. The second-order valence-corrected chi connectivity index (χ2v) is 7.19. The van der Waals surface area contributed by atoms with Gasteiger partial charge in [0.05, 0.1) is 30.9 Å². The molecule has 1 N–H and O–H groups in total. The first kappa shape index (κ1) is 16.8. The molecule has 6 nitrogen and oxygen atoms in total. The molecular formula is C20H21NO5. The molecule has 1 spiro atoms. The minimum atomic E-state index is -1.00. The lowest BCUT2D eigenvalue weighted by Gasteiger charge is -2.34. The van der Waals surface area contributed by atoms with Crippen molar-refractivity contribution >= 4 is 17.6 Å². The third kappa shape index (κ3) is 2.08. The Morgan fingerprint density at radius 2 is 2.15 bits per heavy atom. The molecule has 0 aliphatic carbocycles. The van der Waals surface area contributed by atoms with E-state index in [2.05, 4.69) is 6.58 Å². The smallest absolute Gasteiger partial charge is 0.310 e. The monoisotopic (exact) mass is 355 g/mol. The van der Waals surface area contributed by atoms with E-state index in [1.807, 2.05) is 31.2 Å². The van der Waals surface area contributed by atoms with Gasteiger partial charge in [0.2, 0.25) is 5.91 Å². The number of nitrogens with zero attached hydrogens (tertiary/aromatic N) is 1. The van der Waals surface area contributed by atoms with Crippen LogP contribution in [0.5, 0.6) is 5.75 Å². The molecule has 1 aromatic carbocycles. The van der Waals surface area contributed by atoms with E-state index in [0.29, 0.717) is 17.9 Å². The first-order chi connectivity index (χ1) is 12.4. The largest absolute Gasteiger partial charge is 0.495 e. The van der Waals surface area contributed by atoms with Crippen LogP contribution < -0.4 is 9.64 Å². The number of benzene rings is 1. The summed E-state index contributed by atoms with van der Waals surface area (Å²) in [6, 6.07) is 6.90. The van der Waals surface area contributed by atoms with Gasteiger partial charge in [0.1, 0.15) is 17.3 Å². The molecular weight excluding hydrogens is 334 g/mol. The molecule has 1 amide bonds. The van der Waals surface area contributed by atoms with Crippen molar-refractivity contribution in [1.82, 2.24) is 0 Å². The maximum absolute atomic E-state index is 13.4. The highest BCUT2D eigenvalue weighted by atomic mass is 16.5. The zero-order valence-corrected chi connectivity index (χ0v) is 14.7. The second kappa shape index (κ2) is 5.71. The molecule has 3 aliphatic rings. The van der Waals surface area contributed by atoms with E-state index in [-0.39, 0.29) is 11.9 Å². The quantitative estimate of drug-likeness (QED) is 0.821. The molecule has 136 valence electrons. The molecule has 4 rings (SSSR count). The molecule has 0 radical (unpaired) electrons. The first-order valence-corrected chi connectivity index (χ1v) is 8.61. The summed E-state index contributed by atoms with van der Waals surface area (Å²) in [4.78, 5) is 26.9. The number of carbonyl (C=O) groups is 2. The van der Waals surface area contributed by atoms with Crippen molar-refractivity contribution in [3.05, 3.63) is 48.6 Å². The number of carboxylic acid groups (broad SMARTS) is 1. The Bertz CT molecular complexity index is 831. The summed E-state index contributed by atoms with van der Waals surface area (Å²) in [6.07, 6.45) is 3.61. The predicted octanol–water partition coefficient (Wildman–Crippen LogP) is 2.40. The van der Waals surface area contributed by atoms with Gasteiger partial charge in [0.25, 0.3) is 0 Å². The standard InChI is InChI=1S/C20H21NO5/c1-11(2)10-15-20-9-8-14(26-20)16(19(23)24)17(20)18(22)21(15)12-6-4-5-7-13(12)25-3/h4-9,14-17H,1,10H2,2-3H3,(H,23,24). The Labute approximate surface area is 151 Å². The number of ether oxygens (including phenoxy) is 2. The maximum Gasteiger partial charge on any atom is 0.310 e. The number of rotatable bonds is 5. The fraction of sp³-hybridized carbons (Fsp3) is 0.400. The number of fused-ring (bicyclic) bond motifs is 1. The molecule has 6 heteroatoms. The van der Waals surface area contributed by atoms with Crippen LogP contribution in [0.3, 0.4) is 0 Å². The van der Waals surface area contributed by atoms with Gasteiger partial charge in [-0.15, -0.1) is 6.58 Å². The van der Waals surface area contributed by atoms with Crippen LogP contribution in [0, 0.1) is 11.8 Å². The van der Waals surface area contributed by atoms with E-state index in [4.69, 9.17) is 9.47 Å². The highest BCUT2D eigenvalue weighted by Crippen LogP contribution is 2.57. The van der Waals surface area contributed by atoms with E-state index >= 15 is 0 Å². The number of methoxy groups -OCH3 is 1. The van der Waals surface area contributed by atoms with Crippen molar-refractivity contribution in [3.63, 3.8) is 0 Å². The minimum Gasteiger partial charge on any atom is -0.495 e. The zero-order chi connectivity index (χ0) is 18.6. The lowest BCUT2D eigenvalue weighted by atomic mass is 9.74. The van der Waals surface area contributed by atoms with Crippen molar-refractivity contribution < 1.29 is 24.2 Å². The molecule has 0 aromatic heterocycles. The van der Waals surface area contributed by atoms with Gasteiger partial charge in [-0.05, 0) is 25.5 Å². The van der Waals surface area contributed by atoms with Gasteiger partial charge >= 0.3 is 5.97 Å². The third-order valence-corrected chi connectivity index (χ3v) is 5.59. The lowest BCUT2D eigenvalue weighted by Crippen LogP contribution is -2.45. The average molecular weight is 355 g/mol. The number of anilines is 1. The van der Waals surface area contributed by atoms with Crippen molar-refractivity contribution in [1.29, 1.82) is 0 Å². The molecule has 26 heavy (non-hydrogen) atoms. The first-order valence-electron chi connectivity index (χ1n) is 8.61. The highest BCUT2D eigenvalue weighted by Gasteiger charge is 2.71. The van der Waals surface area contributed by atoms with Crippen LogP contribution in [-0.4, -0.2) is 41.8 Å². The SMILES string of the molecule is C=C(C)CC1N(c2ccccc2OC)C(=O)C2C(C(=O)O)C3C=CC21O3. The van der Waals surface area contributed by atoms with Crippen LogP contribution in [0.15, 0.2) is 48.6 Å². The van der Waals surface area contributed by atoms with E-state index in [0.717, 1.165) is 5.57 Å². The van der Waals surface area contributed by atoms with Gasteiger partial charge in [-0.3, -0.25) is 9.59 Å². The van der Waals surface area contributed by atoms with Gasteiger partial charge in [-0.25, -0.2) is 0 Å². The van der Waals surface area contributed by atoms with Gasteiger partial charge in [0.15, 0.2) is 0 Å². The predicted molar refractivity (Wildman–Crippen MR) is 95.1 cm³/mol. The number of para-hydroxylation sites is 2. The molecule has 0 saturated carbocycles. The zero-order valence-electron chi connectivity index (χ0n) is 14.7. The number of hydrogen-bond donors (Lipinski definition) is 1. The van der Waals surface area contributed by atoms with Gasteiger partial charge in [-0.1, -0.05) is 29.9 Å². The third-order valence-electron chi connectivity index (χ3n) is 5.59. The number of carbonyl (C=O) groups excluding carboxylic acids is 1. The topological polar surface area (TPSA) is 76.1 Å². The van der Waals surface area contributed by atoms with Crippen molar-refractivity contribution in [3.8, 4) is 5.75 Å². The van der Waals surface area contributed by atoms with E-state index in [1.165, 1.54) is 0 Å². The summed E-state index contributed by atoms with van der Waals surface area (Å²) in [5.74, 6) is -2.30. The number of amides is 1. The van der Waals surface area contributed by atoms with Crippen LogP contribution in [0.4, 0.5) is 5.69 Å². The van der Waals surface area contributed by atoms with Crippen LogP contribution in [0.1, 0.15) is 13.3 Å². The number of carboxylic acids is 1. The van der Waals surface area contributed by atoms with Gasteiger partial charge in [-0.2, -0.15) is 0 Å². The summed E-state index contributed by atoms with van der Waals surface area (Å²) in [7, 11) is 1.55. The normalized spacial score (nSPS) is 34.2. The minimum absolute atomic E-state index is 0.236. The Morgan fingerprint density at radius 3 is 2.81 bits per heavy atom. The molecule has 3 aliphatic heterocycles. The Kier molecular flexibility index (Phi) is 3.70. The van der Waals surface area contributed by atoms with Gasteiger partial charge in [0, 0.05) is 0 Å². The summed E-state index contributed by atoms with van der Waals surface area (Å²) in [5, 5.41) is 9.70. The Hall–Kier alpha value is -2.60. The number of aliphatic carboxylic acids is 1. The average Bonchev–Trinajstić information content (AvgIpc) is 3.24. The molecule has 2 bridgehead atoms. The summed E-state index contributed by atoms with van der Waals surface area (Å²) in [6.45, 7) is 5.89. The van der Waals surface area contributed by atoms with E-state index in [1.54, 1.807) is 24.2 Å². The van der Waals surface area contributed by atoms with E-state index in [9.17, 15) is 14.7 Å². The summed E-state index contributed by atoms with van der Waals surface area (Å²) >= 11 is 0. The van der Waals surface area contributed by atoms with Crippen LogP contribution in [0.25, 0.3) is 0 Å². The van der Waals surface area contributed by atoms with Crippen molar-refractivity contribution in [2.45, 2.75) is 31.1 Å². The highest BCUT2D eigenvalue weighted by molar-refractivity contribution is 6.04. The van der Waals surface area contributed by atoms with Crippen LogP contribution in [0.2, 0.25) is 0 Å². The van der Waals surface area contributed by atoms with Crippen molar-refractivity contribution in [2.75, 3.05) is 12.0 Å². The molecule has 2 saturated heterocycles. The van der Waals surface area contributed by atoms with Crippen LogP contribution in [-0.2, 0) is 14.3 Å². The van der Waals surface area contributed by atoms with Gasteiger partial charge < -0.3 is 19.5 Å². The molecule has 5 atom stereocenters. The summed E-state index contributed by atoms with van der Waals surface area (Å²) < 4.78 is 11.6. The Morgan fingerprint density at radius 1 is 1.42 bits per heavy atom. The van der Waals surface area contributed by atoms with Crippen LogP contribution >= 0.6 is 0 Å². The number of hydrogen-bond acceptors (Lipinski definition) is 4. The lowest BCUT2D eigenvalue weighted by molar-refractivity contribution is -0.146.